The van der Waals surface area contributed by atoms with E-state index in [-0.39, 0.29) is 11.5 Å². The normalized spacial score (nSPS) is 10.9. The number of fused-ring (bicyclic) bond motifs is 1. The van der Waals surface area contributed by atoms with Crippen molar-refractivity contribution in [1.29, 1.82) is 0 Å². The van der Waals surface area contributed by atoms with Gasteiger partial charge in [0.15, 0.2) is 11.3 Å². The van der Waals surface area contributed by atoms with E-state index in [4.69, 9.17) is 27.6 Å². The Hall–Kier alpha value is -1.04. The summed E-state index contributed by atoms with van der Waals surface area (Å²) >= 11 is 14.1. The van der Waals surface area contributed by atoms with Crippen LogP contribution in [0.3, 0.4) is 0 Å². The molecule has 0 saturated carbocycles. The molecule has 5 heteroatoms. The van der Waals surface area contributed by atoms with E-state index in [1.807, 2.05) is 12.1 Å². The van der Waals surface area contributed by atoms with Crippen LogP contribution in [0, 0.1) is 3.57 Å². The Labute approximate surface area is 138 Å². The molecule has 0 aliphatic rings. The highest BCUT2D eigenvalue weighted by molar-refractivity contribution is 14.1. The molecule has 2 aromatic carbocycles. The summed E-state index contributed by atoms with van der Waals surface area (Å²) in [6.07, 6.45) is 0. The number of hydrogen-bond donors (Lipinski definition) is 0. The second-order valence-electron chi connectivity index (χ2n) is 4.22. The second kappa shape index (κ2) is 5.39. The Morgan fingerprint density at radius 2 is 1.90 bits per heavy atom. The maximum atomic E-state index is 12.5. The Balaban J connectivity index is 2.13. The summed E-state index contributed by atoms with van der Waals surface area (Å²) in [6.45, 7) is 0. The van der Waals surface area contributed by atoms with Crippen LogP contribution in [0.2, 0.25) is 10.0 Å². The average molecular weight is 417 g/mol. The highest BCUT2D eigenvalue weighted by atomic mass is 127. The van der Waals surface area contributed by atoms with Gasteiger partial charge in [0.25, 0.3) is 0 Å². The van der Waals surface area contributed by atoms with Crippen molar-refractivity contribution in [2.75, 3.05) is 0 Å². The zero-order valence-electron chi connectivity index (χ0n) is 9.99. The van der Waals surface area contributed by atoms with Gasteiger partial charge in [-0.1, -0.05) is 35.3 Å². The van der Waals surface area contributed by atoms with Crippen molar-refractivity contribution in [2.45, 2.75) is 0 Å². The zero-order valence-corrected chi connectivity index (χ0v) is 13.7. The summed E-state index contributed by atoms with van der Waals surface area (Å²) in [7, 11) is 0. The van der Waals surface area contributed by atoms with E-state index in [9.17, 15) is 4.79 Å². The molecule has 0 bridgehead atoms. The van der Waals surface area contributed by atoms with Gasteiger partial charge < -0.3 is 4.42 Å². The lowest BCUT2D eigenvalue weighted by Crippen LogP contribution is -2.02. The minimum absolute atomic E-state index is 0.204. The summed E-state index contributed by atoms with van der Waals surface area (Å²) in [5, 5.41) is 1.81. The molecule has 0 fully saturated rings. The standard InChI is InChI=1S/C15H7Cl2IO2/c16-9-4-5-12(18)10(7-9)14(19)13-6-8-2-1-3-11(17)15(8)20-13/h1-7H. The lowest BCUT2D eigenvalue weighted by atomic mass is 10.1. The molecule has 0 amide bonds. The minimum Gasteiger partial charge on any atom is -0.451 e. The number of rotatable bonds is 2. The van der Waals surface area contributed by atoms with Gasteiger partial charge in [0.1, 0.15) is 0 Å². The molecular formula is C15H7Cl2IO2. The summed E-state index contributed by atoms with van der Waals surface area (Å²) in [4.78, 5) is 12.5. The zero-order chi connectivity index (χ0) is 14.3. The monoisotopic (exact) mass is 416 g/mol. The van der Waals surface area contributed by atoms with Crippen LogP contribution in [0.1, 0.15) is 16.1 Å². The van der Waals surface area contributed by atoms with Crippen molar-refractivity contribution in [3.63, 3.8) is 0 Å². The number of para-hydroxylation sites is 1. The van der Waals surface area contributed by atoms with Crippen LogP contribution < -0.4 is 0 Å². The van der Waals surface area contributed by atoms with E-state index >= 15 is 0 Å². The molecule has 0 spiro atoms. The number of furan rings is 1. The third-order valence-corrected chi connectivity index (χ3v) is 4.37. The maximum absolute atomic E-state index is 12.5. The number of hydrogen-bond acceptors (Lipinski definition) is 2. The molecule has 1 aromatic heterocycles. The Morgan fingerprint density at radius 1 is 1.10 bits per heavy atom. The molecule has 0 aliphatic heterocycles. The average Bonchev–Trinajstić information content (AvgIpc) is 2.86. The molecule has 0 radical (unpaired) electrons. The SMILES string of the molecule is O=C(c1cc2cccc(Cl)c2o1)c1cc(Cl)ccc1I. The van der Waals surface area contributed by atoms with Gasteiger partial charge in [-0.25, -0.2) is 0 Å². The van der Waals surface area contributed by atoms with Crippen molar-refractivity contribution in [3.05, 3.63) is 67.4 Å². The first-order valence-electron chi connectivity index (χ1n) is 5.74. The lowest BCUT2D eigenvalue weighted by molar-refractivity contribution is 0.101. The quantitative estimate of drug-likeness (QED) is 0.403. The Bertz CT molecular complexity index is 824. The van der Waals surface area contributed by atoms with Crippen LogP contribution in [-0.2, 0) is 0 Å². The van der Waals surface area contributed by atoms with Gasteiger partial charge in [0, 0.05) is 19.5 Å². The number of halogens is 3. The molecule has 3 rings (SSSR count). The van der Waals surface area contributed by atoms with Gasteiger partial charge in [-0.3, -0.25) is 4.79 Å². The third-order valence-electron chi connectivity index (χ3n) is 2.89. The summed E-state index contributed by atoms with van der Waals surface area (Å²) in [5.41, 5.74) is 1.04. The molecule has 0 unspecified atom stereocenters. The van der Waals surface area contributed by atoms with Crippen molar-refractivity contribution < 1.29 is 9.21 Å². The maximum Gasteiger partial charge on any atom is 0.229 e. The summed E-state index contributed by atoms with van der Waals surface area (Å²) in [5.74, 6) is 0.0532. The number of ketones is 1. The first-order chi connectivity index (χ1) is 9.56. The van der Waals surface area contributed by atoms with Gasteiger partial charge in [0.2, 0.25) is 5.78 Å². The van der Waals surface area contributed by atoms with E-state index in [1.54, 1.807) is 30.3 Å². The predicted molar refractivity (Wildman–Crippen MR) is 88.8 cm³/mol. The topological polar surface area (TPSA) is 30.2 Å². The molecule has 2 nitrogen and oxygen atoms in total. The molecule has 0 atom stereocenters. The van der Waals surface area contributed by atoms with Crippen LogP contribution in [0.4, 0.5) is 0 Å². The van der Waals surface area contributed by atoms with E-state index in [1.165, 1.54) is 0 Å². The van der Waals surface area contributed by atoms with Gasteiger partial charge in [-0.15, -0.1) is 0 Å². The van der Waals surface area contributed by atoms with Crippen LogP contribution in [0.25, 0.3) is 11.0 Å². The Morgan fingerprint density at radius 3 is 2.65 bits per heavy atom. The largest absolute Gasteiger partial charge is 0.451 e. The van der Waals surface area contributed by atoms with Crippen LogP contribution >= 0.6 is 45.8 Å². The molecule has 0 aliphatic carbocycles. The summed E-state index contributed by atoms with van der Waals surface area (Å²) < 4.78 is 6.40. The molecule has 3 aromatic rings. The fraction of sp³-hybridized carbons (Fsp3) is 0. The smallest absolute Gasteiger partial charge is 0.229 e. The van der Waals surface area contributed by atoms with E-state index < -0.39 is 0 Å². The second-order valence-corrected chi connectivity index (χ2v) is 6.23. The van der Waals surface area contributed by atoms with Crippen molar-refractivity contribution >= 4 is 62.5 Å². The van der Waals surface area contributed by atoms with E-state index in [0.29, 0.717) is 21.2 Å². The lowest BCUT2D eigenvalue weighted by Gasteiger charge is -2.01. The third kappa shape index (κ3) is 2.45. The minimum atomic E-state index is -0.204. The molecule has 20 heavy (non-hydrogen) atoms. The fourth-order valence-corrected chi connectivity index (χ4v) is 2.92. The molecule has 0 N–H and O–H groups in total. The van der Waals surface area contributed by atoms with Gasteiger partial charge >= 0.3 is 0 Å². The Kier molecular flexibility index (Phi) is 3.75. The number of carbonyl (C=O) groups excluding carboxylic acids is 1. The van der Waals surface area contributed by atoms with Crippen molar-refractivity contribution in [3.8, 4) is 0 Å². The molecular weight excluding hydrogens is 410 g/mol. The van der Waals surface area contributed by atoms with Gasteiger partial charge in [-0.05, 0) is 52.9 Å². The summed E-state index contributed by atoms with van der Waals surface area (Å²) in [6, 6.07) is 12.3. The van der Waals surface area contributed by atoms with E-state index in [2.05, 4.69) is 22.6 Å². The highest BCUT2D eigenvalue weighted by Gasteiger charge is 2.18. The van der Waals surface area contributed by atoms with E-state index in [0.717, 1.165) is 8.96 Å². The van der Waals surface area contributed by atoms with Crippen LogP contribution in [-0.4, -0.2) is 5.78 Å². The molecule has 1 heterocycles. The first-order valence-corrected chi connectivity index (χ1v) is 7.57. The molecule has 100 valence electrons. The van der Waals surface area contributed by atoms with Gasteiger partial charge in [0.05, 0.1) is 5.02 Å². The van der Waals surface area contributed by atoms with Crippen molar-refractivity contribution in [1.82, 2.24) is 0 Å². The first kappa shape index (κ1) is 13.9. The fourth-order valence-electron chi connectivity index (χ4n) is 1.94. The van der Waals surface area contributed by atoms with Crippen LogP contribution in [0.5, 0.6) is 0 Å². The highest BCUT2D eigenvalue weighted by Crippen LogP contribution is 2.29. The van der Waals surface area contributed by atoms with Crippen LogP contribution in [0.15, 0.2) is 46.9 Å². The number of benzene rings is 2. The molecule has 0 saturated heterocycles. The number of carbonyl (C=O) groups is 1. The predicted octanol–water partition coefficient (Wildman–Crippen LogP) is 5.58. The van der Waals surface area contributed by atoms with Crippen molar-refractivity contribution in [2.24, 2.45) is 0 Å². The van der Waals surface area contributed by atoms with Gasteiger partial charge in [-0.2, -0.15) is 0 Å².